The van der Waals surface area contributed by atoms with E-state index >= 15 is 0 Å². The summed E-state index contributed by atoms with van der Waals surface area (Å²) in [5.74, 6) is 1.16. The lowest BCUT2D eigenvalue weighted by atomic mass is 10.2. The second-order valence-electron chi connectivity index (χ2n) is 7.39. The maximum absolute atomic E-state index is 12.0. The van der Waals surface area contributed by atoms with E-state index in [1.807, 2.05) is 66.1 Å². The molecule has 30 heavy (non-hydrogen) atoms. The monoisotopic (exact) mass is 462 g/mol. The Balaban J connectivity index is 1.76. The van der Waals surface area contributed by atoms with Crippen molar-refractivity contribution in [2.75, 3.05) is 18.1 Å². The largest absolute Gasteiger partial charge is 0.281 e. The van der Waals surface area contributed by atoms with Gasteiger partial charge in [0, 0.05) is 22.3 Å². The third kappa shape index (κ3) is 4.37. The van der Waals surface area contributed by atoms with Crippen molar-refractivity contribution in [1.82, 2.24) is 19.2 Å². The Morgan fingerprint density at radius 2 is 1.87 bits per heavy atom. The van der Waals surface area contributed by atoms with Gasteiger partial charge in [-0.1, -0.05) is 36.7 Å². The summed E-state index contributed by atoms with van der Waals surface area (Å²) < 4.78 is 28.2. The van der Waals surface area contributed by atoms with Crippen LogP contribution in [0.1, 0.15) is 13.3 Å². The first-order valence-corrected chi connectivity index (χ1v) is 12.4. The number of halogens is 1. The van der Waals surface area contributed by atoms with Gasteiger partial charge in [-0.05, 0) is 61.6 Å². The topological polar surface area (TPSA) is 60.1 Å². The maximum atomic E-state index is 12.0. The van der Waals surface area contributed by atoms with Gasteiger partial charge < -0.3 is 0 Å². The average Bonchev–Trinajstić information content (AvgIpc) is 3.26. The Labute approximate surface area is 186 Å². The molecule has 0 aliphatic carbocycles. The highest BCUT2D eigenvalue weighted by Crippen LogP contribution is 2.25. The molecule has 6 nitrogen and oxygen atoms in total. The fourth-order valence-corrected chi connectivity index (χ4v) is 5.98. The lowest BCUT2D eigenvalue weighted by Gasteiger charge is -2.26. The molecular weight excluding hydrogens is 440 g/mol. The van der Waals surface area contributed by atoms with Crippen LogP contribution in [0, 0.1) is 4.77 Å². The fraction of sp³-hybridized carbons (Fsp3) is 0.333. The number of rotatable bonds is 6. The fourth-order valence-electron chi connectivity index (χ4n) is 3.80. The van der Waals surface area contributed by atoms with Crippen LogP contribution in [-0.2, 0) is 16.5 Å². The molecule has 1 aliphatic heterocycles. The Hall–Kier alpha value is -2.00. The zero-order chi connectivity index (χ0) is 21.3. The van der Waals surface area contributed by atoms with Crippen LogP contribution in [0.3, 0.4) is 0 Å². The molecule has 1 saturated heterocycles. The van der Waals surface area contributed by atoms with Crippen LogP contribution < -0.4 is 0 Å². The van der Waals surface area contributed by atoms with Gasteiger partial charge >= 0.3 is 0 Å². The molecule has 1 atom stereocenters. The van der Waals surface area contributed by atoms with Gasteiger partial charge in [0.15, 0.2) is 15.7 Å². The quantitative estimate of drug-likeness (QED) is 0.514. The molecule has 0 radical (unpaired) electrons. The number of hydrogen-bond acceptors (Lipinski definition) is 5. The number of benzene rings is 2. The van der Waals surface area contributed by atoms with Crippen molar-refractivity contribution in [3.05, 3.63) is 64.4 Å². The first-order valence-electron chi connectivity index (χ1n) is 9.83. The minimum absolute atomic E-state index is 0.0113. The summed E-state index contributed by atoms with van der Waals surface area (Å²) in [5, 5.41) is 5.48. The zero-order valence-corrected chi connectivity index (χ0v) is 19.0. The standard InChI is InChI=1S/C21H23ClN4O2S2/c1-2-24(19-12-13-30(27,28)14-19)15-25-21(29)26(18-6-4-3-5-7-18)20(23-25)16-8-10-17(22)11-9-16/h3-11,19H,2,12-15H2,1H3/t19-/m1/s1. The molecule has 0 bridgehead atoms. The summed E-state index contributed by atoms with van der Waals surface area (Å²) in [4.78, 5) is 2.13. The van der Waals surface area contributed by atoms with Crippen molar-refractivity contribution in [3.8, 4) is 17.1 Å². The second kappa shape index (κ2) is 8.63. The molecule has 3 aromatic rings. The van der Waals surface area contributed by atoms with Crippen molar-refractivity contribution in [3.63, 3.8) is 0 Å². The average molecular weight is 463 g/mol. The van der Waals surface area contributed by atoms with Crippen LogP contribution in [0.4, 0.5) is 0 Å². The highest BCUT2D eigenvalue weighted by molar-refractivity contribution is 7.91. The predicted molar refractivity (Wildman–Crippen MR) is 122 cm³/mol. The summed E-state index contributed by atoms with van der Waals surface area (Å²) in [7, 11) is -2.96. The van der Waals surface area contributed by atoms with Crippen molar-refractivity contribution >= 4 is 33.7 Å². The van der Waals surface area contributed by atoms with E-state index in [0.717, 1.165) is 23.6 Å². The molecule has 0 N–H and O–H groups in total. The molecule has 1 aromatic heterocycles. The van der Waals surface area contributed by atoms with E-state index in [-0.39, 0.29) is 17.5 Å². The van der Waals surface area contributed by atoms with E-state index in [1.165, 1.54) is 0 Å². The minimum atomic E-state index is -2.96. The molecule has 2 heterocycles. The Morgan fingerprint density at radius 1 is 1.17 bits per heavy atom. The summed E-state index contributed by atoms with van der Waals surface area (Å²) in [6, 6.07) is 17.3. The number of hydrogen-bond donors (Lipinski definition) is 0. The Kier molecular flexibility index (Phi) is 6.11. The van der Waals surface area contributed by atoms with Gasteiger partial charge in [-0.2, -0.15) is 0 Å². The lowest BCUT2D eigenvalue weighted by molar-refractivity contribution is 0.164. The second-order valence-corrected chi connectivity index (χ2v) is 10.4. The molecule has 0 unspecified atom stereocenters. The molecule has 4 rings (SSSR count). The van der Waals surface area contributed by atoms with Crippen LogP contribution in [0.2, 0.25) is 5.02 Å². The minimum Gasteiger partial charge on any atom is -0.281 e. The molecule has 0 amide bonds. The summed E-state index contributed by atoms with van der Waals surface area (Å²) in [5.41, 5.74) is 1.82. The van der Waals surface area contributed by atoms with Crippen LogP contribution in [0.25, 0.3) is 17.1 Å². The van der Waals surface area contributed by atoms with Gasteiger partial charge in [0.2, 0.25) is 4.77 Å². The van der Waals surface area contributed by atoms with Crippen LogP contribution in [0.5, 0.6) is 0 Å². The first kappa shape index (κ1) is 21.2. The van der Waals surface area contributed by atoms with Crippen molar-refractivity contribution in [2.45, 2.75) is 26.1 Å². The van der Waals surface area contributed by atoms with Crippen LogP contribution in [0.15, 0.2) is 54.6 Å². The Morgan fingerprint density at radius 3 is 2.47 bits per heavy atom. The molecule has 1 aliphatic rings. The van der Waals surface area contributed by atoms with Crippen molar-refractivity contribution in [2.24, 2.45) is 0 Å². The first-order chi connectivity index (χ1) is 14.4. The van der Waals surface area contributed by atoms with Gasteiger partial charge in [0.25, 0.3) is 0 Å². The SMILES string of the molecule is CCN(Cn1nc(-c2ccc(Cl)cc2)n(-c2ccccc2)c1=S)[C@@H]1CCS(=O)(=O)C1. The van der Waals surface area contributed by atoms with Crippen molar-refractivity contribution < 1.29 is 8.42 Å². The molecule has 9 heteroatoms. The Bertz CT molecular complexity index is 1190. The summed E-state index contributed by atoms with van der Waals surface area (Å²) in [6.45, 7) is 3.19. The molecular formula is C21H23ClN4O2S2. The van der Waals surface area contributed by atoms with E-state index in [0.29, 0.717) is 22.9 Å². The highest BCUT2D eigenvalue weighted by Gasteiger charge is 2.32. The molecule has 2 aromatic carbocycles. The number of para-hydroxylation sites is 1. The molecule has 1 fully saturated rings. The summed E-state index contributed by atoms with van der Waals surface area (Å²) in [6.07, 6.45) is 0.646. The molecule has 0 spiro atoms. The van der Waals surface area contributed by atoms with E-state index in [9.17, 15) is 8.42 Å². The van der Waals surface area contributed by atoms with Crippen molar-refractivity contribution in [1.29, 1.82) is 0 Å². The highest BCUT2D eigenvalue weighted by atomic mass is 35.5. The number of aromatic nitrogens is 3. The van der Waals surface area contributed by atoms with Gasteiger partial charge in [0.05, 0.1) is 18.2 Å². The molecule has 158 valence electrons. The van der Waals surface area contributed by atoms with E-state index in [2.05, 4.69) is 4.90 Å². The zero-order valence-electron chi connectivity index (χ0n) is 16.6. The maximum Gasteiger partial charge on any atom is 0.204 e. The van der Waals surface area contributed by atoms with Crippen LogP contribution in [-0.4, -0.2) is 51.8 Å². The van der Waals surface area contributed by atoms with E-state index < -0.39 is 9.84 Å². The third-order valence-electron chi connectivity index (χ3n) is 5.40. The smallest absolute Gasteiger partial charge is 0.204 e. The normalized spacial score (nSPS) is 18.2. The summed E-state index contributed by atoms with van der Waals surface area (Å²) >= 11 is 11.9. The van der Waals surface area contributed by atoms with Crippen LogP contribution >= 0.6 is 23.8 Å². The van der Waals surface area contributed by atoms with Gasteiger partial charge in [-0.3, -0.25) is 9.47 Å². The number of sulfone groups is 1. The predicted octanol–water partition coefficient (Wildman–Crippen LogP) is 4.19. The molecule has 0 saturated carbocycles. The van der Waals surface area contributed by atoms with Gasteiger partial charge in [-0.15, -0.1) is 5.10 Å². The van der Waals surface area contributed by atoms with Gasteiger partial charge in [0.1, 0.15) is 0 Å². The van der Waals surface area contributed by atoms with E-state index in [1.54, 1.807) is 4.68 Å². The third-order valence-corrected chi connectivity index (χ3v) is 7.80. The number of nitrogens with zero attached hydrogens (tertiary/aromatic N) is 4. The van der Waals surface area contributed by atoms with Gasteiger partial charge in [-0.25, -0.2) is 13.1 Å². The lowest BCUT2D eigenvalue weighted by Crippen LogP contribution is -2.37. The van der Waals surface area contributed by atoms with E-state index in [4.69, 9.17) is 28.9 Å².